The number of furan rings is 1. The van der Waals surface area contributed by atoms with Gasteiger partial charge in [0.15, 0.2) is 5.76 Å². The second kappa shape index (κ2) is 5.81. The minimum atomic E-state index is -0.0210. The van der Waals surface area contributed by atoms with Crippen LogP contribution in [0.2, 0.25) is 0 Å². The molecule has 4 rings (SSSR count). The van der Waals surface area contributed by atoms with Crippen LogP contribution in [0.25, 0.3) is 11.5 Å². The summed E-state index contributed by atoms with van der Waals surface area (Å²) in [6.45, 7) is 1.87. The van der Waals surface area contributed by atoms with Crippen molar-refractivity contribution in [2.75, 3.05) is 0 Å². The molecule has 2 unspecified atom stereocenters. The molecule has 2 saturated heterocycles. The van der Waals surface area contributed by atoms with Crippen molar-refractivity contribution in [1.82, 2.24) is 15.6 Å². The van der Waals surface area contributed by atoms with E-state index in [1.807, 2.05) is 31.2 Å². The average molecular weight is 311 g/mol. The van der Waals surface area contributed by atoms with Crippen LogP contribution in [0.3, 0.4) is 0 Å². The second-order valence-corrected chi connectivity index (χ2v) is 6.59. The van der Waals surface area contributed by atoms with Crippen LogP contribution in [0.4, 0.5) is 0 Å². The lowest BCUT2D eigenvalue weighted by atomic mass is 9.99. The highest BCUT2D eigenvalue weighted by Gasteiger charge is 2.34. The van der Waals surface area contributed by atoms with E-state index >= 15 is 0 Å². The van der Waals surface area contributed by atoms with Crippen molar-refractivity contribution in [3.05, 3.63) is 41.8 Å². The van der Waals surface area contributed by atoms with E-state index in [1.165, 1.54) is 12.8 Å². The summed E-state index contributed by atoms with van der Waals surface area (Å²) in [4.78, 5) is 17.1. The Morgan fingerprint density at radius 2 is 2.04 bits per heavy atom. The van der Waals surface area contributed by atoms with E-state index in [0.29, 0.717) is 17.6 Å². The molecule has 0 aliphatic carbocycles. The number of rotatable bonds is 3. The van der Waals surface area contributed by atoms with Crippen LogP contribution in [-0.4, -0.2) is 29.0 Å². The lowest BCUT2D eigenvalue weighted by Gasteiger charge is -2.29. The molecule has 120 valence electrons. The summed E-state index contributed by atoms with van der Waals surface area (Å²) in [5.41, 5.74) is 2.13. The van der Waals surface area contributed by atoms with Gasteiger partial charge in [0.1, 0.15) is 5.69 Å². The number of aromatic nitrogens is 1. The van der Waals surface area contributed by atoms with Gasteiger partial charge >= 0.3 is 0 Å². The van der Waals surface area contributed by atoms with Crippen molar-refractivity contribution < 1.29 is 9.21 Å². The van der Waals surface area contributed by atoms with E-state index in [1.54, 1.807) is 6.26 Å². The van der Waals surface area contributed by atoms with Gasteiger partial charge in [0.2, 0.25) is 0 Å². The fourth-order valence-corrected chi connectivity index (χ4v) is 3.80. The van der Waals surface area contributed by atoms with Crippen LogP contribution in [0.1, 0.15) is 41.7 Å². The van der Waals surface area contributed by atoms with Crippen LogP contribution in [0, 0.1) is 6.92 Å². The number of nitrogens with zero attached hydrogens (tertiary/aromatic N) is 1. The number of fused-ring (bicyclic) bond motifs is 2. The minimum Gasteiger partial charge on any atom is -0.463 e. The zero-order chi connectivity index (χ0) is 15.8. The first-order valence-electron chi connectivity index (χ1n) is 8.27. The smallest absolute Gasteiger partial charge is 0.253 e. The van der Waals surface area contributed by atoms with E-state index < -0.39 is 0 Å². The molecule has 0 saturated carbocycles. The third-order valence-corrected chi connectivity index (χ3v) is 4.91. The van der Waals surface area contributed by atoms with Crippen molar-refractivity contribution in [3.8, 4) is 11.5 Å². The molecule has 23 heavy (non-hydrogen) atoms. The summed E-state index contributed by atoms with van der Waals surface area (Å²) in [6, 6.07) is 8.78. The van der Waals surface area contributed by atoms with E-state index in [-0.39, 0.29) is 11.9 Å². The lowest BCUT2D eigenvalue weighted by Crippen LogP contribution is -2.48. The predicted octanol–water partition coefficient (Wildman–Crippen LogP) is 2.66. The molecule has 2 aliphatic rings. The summed E-state index contributed by atoms with van der Waals surface area (Å²) < 4.78 is 5.36. The van der Waals surface area contributed by atoms with Crippen molar-refractivity contribution in [2.24, 2.45) is 0 Å². The Hall–Kier alpha value is -2.14. The number of nitrogens with one attached hydrogen (secondary N) is 2. The van der Waals surface area contributed by atoms with Crippen molar-refractivity contribution in [3.63, 3.8) is 0 Å². The molecule has 0 radical (unpaired) electrons. The van der Waals surface area contributed by atoms with Gasteiger partial charge in [0, 0.05) is 18.1 Å². The third kappa shape index (κ3) is 2.88. The fraction of sp³-hybridized carbons (Fsp3) is 0.444. The minimum absolute atomic E-state index is 0.0210. The standard InChI is InChI=1S/C18H21N3O2/c1-11-15(6-7-16(19-11)17-3-2-8-23-17)18(22)21-14-9-12-4-5-13(10-14)20-12/h2-3,6-8,12-14,20H,4-5,9-10H2,1H3,(H,21,22). The van der Waals surface area contributed by atoms with Gasteiger partial charge in [-0.05, 0) is 56.9 Å². The van der Waals surface area contributed by atoms with E-state index in [9.17, 15) is 4.79 Å². The maximum atomic E-state index is 12.6. The molecule has 5 nitrogen and oxygen atoms in total. The Morgan fingerprint density at radius 1 is 1.26 bits per heavy atom. The highest BCUT2D eigenvalue weighted by molar-refractivity contribution is 5.95. The van der Waals surface area contributed by atoms with Gasteiger partial charge in [-0.2, -0.15) is 0 Å². The summed E-state index contributed by atoms with van der Waals surface area (Å²) in [5.74, 6) is 0.697. The number of carbonyl (C=O) groups excluding carboxylic acids is 1. The van der Waals surface area contributed by atoms with Crippen molar-refractivity contribution in [1.29, 1.82) is 0 Å². The maximum Gasteiger partial charge on any atom is 0.253 e. The normalized spacial score (nSPS) is 26.2. The summed E-state index contributed by atoms with van der Waals surface area (Å²) in [5, 5.41) is 6.78. The molecule has 2 fully saturated rings. The molecule has 4 heterocycles. The first-order valence-corrected chi connectivity index (χ1v) is 8.27. The largest absolute Gasteiger partial charge is 0.463 e. The Kier molecular flexibility index (Phi) is 3.65. The molecule has 2 aromatic heterocycles. The fourth-order valence-electron chi connectivity index (χ4n) is 3.80. The Labute approximate surface area is 135 Å². The van der Waals surface area contributed by atoms with Crippen LogP contribution < -0.4 is 10.6 Å². The number of carbonyl (C=O) groups is 1. The van der Waals surface area contributed by atoms with Crippen LogP contribution in [0.15, 0.2) is 34.9 Å². The molecular weight excluding hydrogens is 290 g/mol. The Bertz CT molecular complexity index is 699. The quantitative estimate of drug-likeness (QED) is 0.914. The number of piperidine rings is 1. The molecule has 0 aromatic carbocycles. The van der Waals surface area contributed by atoms with Gasteiger partial charge in [-0.15, -0.1) is 0 Å². The van der Waals surface area contributed by atoms with Crippen LogP contribution >= 0.6 is 0 Å². The zero-order valence-electron chi connectivity index (χ0n) is 13.2. The first-order chi connectivity index (χ1) is 11.2. The highest BCUT2D eigenvalue weighted by atomic mass is 16.3. The summed E-state index contributed by atoms with van der Waals surface area (Å²) in [7, 11) is 0. The molecule has 2 bridgehead atoms. The Balaban J connectivity index is 1.48. The highest BCUT2D eigenvalue weighted by Crippen LogP contribution is 2.27. The topological polar surface area (TPSA) is 67.2 Å². The first kappa shape index (κ1) is 14.5. The molecule has 2 aliphatic heterocycles. The maximum absolute atomic E-state index is 12.6. The zero-order valence-corrected chi connectivity index (χ0v) is 13.2. The lowest BCUT2D eigenvalue weighted by molar-refractivity contribution is 0.0923. The number of aryl methyl sites for hydroxylation is 1. The number of amides is 1. The number of hydrogen-bond donors (Lipinski definition) is 2. The molecule has 2 N–H and O–H groups in total. The monoisotopic (exact) mass is 311 g/mol. The van der Waals surface area contributed by atoms with Crippen LogP contribution in [0.5, 0.6) is 0 Å². The predicted molar refractivity (Wildman–Crippen MR) is 87.1 cm³/mol. The Morgan fingerprint density at radius 3 is 2.70 bits per heavy atom. The second-order valence-electron chi connectivity index (χ2n) is 6.59. The molecule has 1 amide bonds. The summed E-state index contributed by atoms with van der Waals surface area (Å²) in [6.07, 6.45) is 6.14. The van der Waals surface area contributed by atoms with Gasteiger partial charge in [-0.25, -0.2) is 4.98 Å². The van der Waals surface area contributed by atoms with Gasteiger partial charge in [0.25, 0.3) is 5.91 Å². The van der Waals surface area contributed by atoms with Crippen LogP contribution in [-0.2, 0) is 0 Å². The van der Waals surface area contributed by atoms with Gasteiger partial charge in [-0.1, -0.05) is 0 Å². The molecule has 2 atom stereocenters. The third-order valence-electron chi connectivity index (χ3n) is 4.91. The number of pyridine rings is 1. The molecular formula is C18H21N3O2. The summed E-state index contributed by atoms with van der Waals surface area (Å²) >= 11 is 0. The van der Waals surface area contributed by atoms with Gasteiger partial charge in [-0.3, -0.25) is 4.79 Å². The molecule has 5 heteroatoms. The van der Waals surface area contributed by atoms with E-state index in [4.69, 9.17) is 4.42 Å². The SMILES string of the molecule is Cc1nc(-c2ccco2)ccc1C(=O)NC1CC2CCC(C1)N2. The van der Waals surface area contributed by atoms with E-state index in [0.717, 1.165) is 30.0 Å². The average Bonchev–Trinajstić information content (AvgIpc) is 3.17. The molecule has 2 aromatic rings. The number of hydrogen-bond acceptors (Lipinski definition) is 4. The van der Waals surface area contributed by atoms with Crippen molar-refractivity contribution >= 4 is 5.91 Å². The van der Waals surface area contributed by atoms with E-state index in [2.05, 4.69) is 15.6 Å². The van der Waals surface area contributed by atoms with Crippen molar-refractivity contribution in [2.45, 2.75) is 50.7 Å². The van der Waals surface area contributed by atoms with Gasteiger partial charge in [0.05, 0.1) is 17.5 Å². The van der Waals surface area contributed by atoms with Gasteiger partial charge < -0.3 is 15.1 Å². The molecule has 0 spiro atoms.